The lowest BCUT2D eigenvalue weighted by Crippen LogP contribution is -2.57. The van der Waals surface area contributed by atoms with E-state index in [4.69, 9.17) is 10.5 Å². The minimum Gasteiger partial charge on any atom is -0.378 e. The molecule has 1 amide bonds. The van der Waals surface area contributed by atoms with Crippen molar-refractivity contribution in [3.05, 3.63) is 22.4 Å². The van der Waals surface area contributed by atoms with Crippen LogP contribution in [0.1, 0.15) is 32.4 Å². The van der Waals surface area contributed by atoms with E-state index < -0.39 is 0 Å². The summed E-state index contributed by atoms with van der Waals surface area (Å²) in [4.78, 5) is 14.6. The Bertz CT molecular complexity index is 448. The lowest BCUT2D eigenvalue weighted by molar-refractivity contribution is -0.135. The Hall–Kier alpha value is -0.950. The van der Waals surface area contributed by atoms with Gasteiger partial charge >= 0.3 is 0 Å². The fraction of sp³-hybridized carbons (Fsp3) is 0.667. The zero-order valence-electron chi connectivity index (χ0n) is 12.9. The van der Waals surface area contributed by atoms with Gasteiger partial charge < -0.3 is 15.8 Å². The highest BCUT2D eigenvalue weighted by atomic mass is 32.1. The number of ether oxygens (including phenoxy) is 1. The standard InChI is InChI=1S/C15H25N3O2S/c1-10(2)17-15(19)13-8-20-6-5-18(13)14(11(3)16)12-4-7-21-9-12/h4,7,9-11,13-14H,5-6,8,16H2,1-3H3,(H,17,19). The Kier molecular flexibility index (Phi) is 5.75. The van der Waals surface area contributed by atoms with Gasteiger partial charge in [0, 0.05) is 18.6 Å². The second kappa shape index (κ2) is 7.35. The van der Waals surface area contributed by atoms with E-state index in [0.717, 1.165) is 6.54 Å². The van der Waals surface area contributed by atoms with Crippen molar-refractivity contribution >= 4 is 17.2 Å². The molecule has 1 fully saturated rings. The molecule has 0 spiro atoms. The molecule has 1 saturated heterocycles. The Morgan fingerprint density at radius 3 is 2.86 bits per heavy atom. The molecule has 118 valence electrons. The Morgan fingerprint density at radius 1 is 1.52 bits per heavy atom. The monoisotopic (exact) mass is 311 g/mol. The topological polar surface area (TPSA) is 67.6 Å². The first-order chi connectivity index (χ1) is 10.0. The minimum atomic E-state index is -0.281. The van der Waals surface area contributed by atoms with Gasteiger partial charge in [-0.3, -0.25) is 9.69 Å². The van der Waals surface area contributed by atoms with Gasteiger partial charge in [-0.25, -0.2) is 0 Å². The van der Waals surface area contributed by atoms with Crippen LogP contribution in [0.15, 0.2) is 16.8 Å². The quantitative estimate of drug-likeness (QED) is 0.862. The van der Waals surface area contributed by atoms with Crippen LogP contribution in [0.3, 0.4) is 0 Å². The number of nitrogens with zero attached hydrogens (tertiary/aromatic N) is 1. The Labute approximate surface area is 130 Å². The summed E-state index contributed by atoms with van der Waals surface area (Å²) in [6.45, 7) is 7.71. The maximum Gasteiger partial charge on any atom is 0.239 e. The highest BCUT2D eigenvalue weighted by Gasteiger charge is 2.36. The molecule has 3 unspecified atom stereocenters. The number of nitrogens with one attached hydrogen (secondary N) is 1. The lowest BCUT2D eigenvalue weighted by atomic mass is 9.99. The highest BCUT2D eigenvalue weighted by molar-refractivity contribution is 7.07. The van der Waals surface area contributed by atoms with Gasteiger partial charge in [0.15, 0.2) is 0 Å². The summed E-state index contributed by atoms with van der Waals surface area (Å²) in [5.41, 5.74) is 7.39. The van der Waals surface area contributed by atoms with Crippen molar-refractivity contribution < 1.29 is 9.53 Å². The van der Waals surface area contributed by atoms with E-state index in [2.05, 4.69) is 21.7 Å². The number of morpholine rings is 1. The van der Waals surface area contributed by atoms with E-state index in [1.54, 1.807) is 11.3 Å². The molecule has 6 heteroatoms. The molecular formula is C15H25N3O2S. The van der Waals surface area contributed by atoms with Crippen LogP contribution in [-0.4, -0.2) is 48.7 Å². The number of carbonyl (C=O) groups is 1. The first-order valence-corrected chi connectivity index (χ1v) is 8.36. The molecule has 0 bridgehead atoms. The maximum absolute atomic E-state index is 12.4. The molecule has 2 heterocycles. The van der Waals surface area contributed by atoms with Gasteiger partial charge in [0.05, 0.1) is 19.3 Å². The first kappa shape index (κ1) is 16.4. The van der Waals surface area contributed by atoms with Crippen LogP contribution in [0.25, 0.3) is 0 Å². The number of hydrogen-bond acceptors (Lipinski definition) is 5. The third-order valence-corrected chi connectivity index (χ3v) is 4.34. The molecule has 0 saturated carbocycles. The lowest BCUT2D eigenvalue weighted by Gasteiger charge is -2.41. The average molecular weight is 311 g/mol. The summed E-state index contributed by atoms with van der Waals surface area (Å²) >= 11 is 1.66. The summed E-state index contributed by atoms with van der Waals surface area (Å²) in [6, 6.07) is 1.93. The maximum atomic E-state index is 12.4. The van der Waals surface area contributed by atoms with Gasteiger partial charge in [-0.2, -0.15) is 11.3 Å². The molecule has 1 aromatic heterocycles. The van der Waals surface area contributed by atoms with Gasteiger partial charge in [0.1, 0.15) is 6.04 Å². The molecular weight excluding hydrogens is 286 g/mol. The number of carbonyl (C=O) groups excluding carboxylic acids is 1. The van der Waals surface area contributed by atoms with Crippen LogP contribution in [0, 0.1) is 0 Å². The van der Waals surface area contributed by atoms with Crippen molar-refractivity contribution in [2.75, 3.05) is 19.8 Å². The smallest absolute Gasteiger partial charge is 0.239 e. The Morgan fingerprint density at radius 2 is 2.29 bits per heavy atom. The van der Waals surface area contributed by atoms with Crippen molar-refractivity contribution in [3.8, 4) is 0 Å². The molecule has 0 aromatic carbocycles. The summed E-state index contributed by atoms with van der Waals surface area (Å²) in [6.07, 6.45) is 0. The summed E-state index contributed by atoms with van der Waals surface area (Å²) < 4.78 is 5.52. The van der Waals surface area contributed by atoms with Gasteiger partial charge in [0.25, 0.3) is 0 Å². The minimum absolute atomic E-state index is 0.0191. The average Bonchev–Trinajstić information content (AvgIpc) is 2.92. The van der Waals surface area contributed by atoms with Crippen LogP contribution >= 0.6 is 11.3 Å². The molecule has 0 radical (unpaired) electrons. The molecule has 2 rings (SSSR count). The van der Waals surface area contributed by atoms with Crippen LogP contribution in [-0.2, 0) is 9.53 Å². The van der Waals surface area contributed by atoms with Crippen LogP contribution in [0.4, 0.5) is 0 Å². The van der Waals surface area contributed by atoms with Crippen LogP contribution < -0.4 is 11.1 Å². The zero-order valence-corrected chi connectivity index (χ0v) is 13.7. The Balaban J connectivity index is 2.21. The SMILES string of the molecule is CC(C)NC(=O)C1COCCN1C(c1ccsc1)C(C)N. The van der Waals surface area contributed by atoms with E-state index in [0.29, 0.717) is 13.2 Å². The summed E-state index contributed by atoms with van der Waals surface area (Å²) in [5, 5.41) is 7.14. The van der Waals surface area contributed by atoms with Crippen molar-refractivity contribution in [1.82, 2.24) is 10.2 Å². The van der Waals surface area contributed by atoms with Crippen LogP contribution in [0.5, 0.6) is 0 Å². The van der Waals surface area contributed by atoms with Gasteiger partial charge in [-0.15, -0.1) is 0 Å². The number of nitrogens with two attached hydrogens (primary N) is 1. The van der Waals surface area contributed by atoms with Crippen LogP contribution in [0.2, 0.25) is 0 Å². The predicted octanol–water partition coefficient (Wildman–Crippen LogP) is 1.36. The third kappa shape index (κ3) is 4.03. The van der Waals surface area contributed by atoms with Crippen molar-refractivity contribution in [1.29, 1.82) is 0 Å². The largest absolute Gasteiger partial charge is 0.378 e. The van der Waals surface area contributed by atoms with E-state index in [9.17, 15) is 4.79 Å². The first-order valence-electron chi connectivity index (χ1n) is 7.42. The van der Waals surface area contributed by atoms with Crippen molar-refractivity contribution in [2.24, 2.45) is 5.73 Å². The molecule has 0 aliphatic carbocycles. The normalized spacial score (nSPS) is 23.0. The molecule has 3 atom stereocenters. The molecule has 1 aliphatic heterocycles. The van der Waals surface area contributed by atoms with Crippen molar-refractivity contribution in [2.45, 2.75) is 44.9 Å². The van der Waals surface area contributed by atoms with Gasteiger partial charge in [-0.05, 0) is 43.2 Å². The van der Waals surface area contributed by atoms with E-state index in [1.807, 2.05) is 26.2 Å². The molecule has 1 aliphatic rings. The van der Waals surface area contributed by atoms with E-state index >= 15 is 0 Å². The highest BCUT2D eigenvalue weighted by Crippen LogP contribution is 2.29. The van der Waals surface area contributed by atoms with Crippen molar-refractivity contribution in [3.63, 3.8) is 0 Å². The number of amides is 1. The molecule has 3 N–H and O–H groups in total. The number of thiophene rings is 1. The van der Waals surface area contributed by atoms with Gasteiger partial charge in [-0.1, -0.05) is 0 Å². The number of hydrogen-bond donors (Lipinski definition) is 2. The summed E-state index contributed by atoms with van der Waals surface area (Å²) in [5.74, 6) is 0.0191. The molecule has 1 aromatic rings. The molecule has 21 heavy (non-hydrogen) atoms. The third-order valence-electron chi connectivity index (χ3n) is 3.64. The number of rotatable bonds is 5. The second-order valence-corrected chi connectivity index (χ2v) is 6.63. The van der Waals surface area contributed by atoms with Gasteiger partial charge in [0.2, 0.25) is 5.91 Å². The molecule has 5 nitrogen and oxygen atoms in total. The zero-order chi connectivity index (χ0) is 15.4. The summed E-state index contributed by atoms with van der Waals surface area (Å²) in [7, 11) is 0. The second-order valence-electron chi connectivity index (χ2n) is 5.85. The van der Waals surface area contributed by atoms with E-state index in [1.165, 1.54) is 5.56 Å². The predicted molar refractivity (Wildman–Crippen MR) is 85.3 cm³/mol. The fourth-order valence-electron chi connectivity index (χ4n) is 2.80. The van der Waals surface area contributed by atoms with E-state index in [-0.39, 0.29) is 30.1 Å². The fourth-order valence-corrected chi connectivity index (χ4v) is 3.49.